The molecule has 0 saturated carbocycles. The number of thioether (sulfide) groups is 2. The van der Waals surface area contributed by atoms with Crippen molar-refractivity contribution in [1.29, 1.82) is 0 Å². The van der Waals surface area contributed by atoms with Gasteiger partial charge in [-0.25, -0.2) is 4.98 Å². The molecule has 2 aromatic rings. The van der Waals surface area contributed by atoms with E-state index in [1.54, 1.807) is 6.92 Å². The quantitative estimate of drug-likeness (QED) is 0.294. The van der Waals surface area contributed by atoms with E-state index in [0.29, 0.717) is 11.9 Å². The lowest BCUT2D eigenvalue weighted by atomic mass is 10.2. The lowest BCUT2D eigenvalue weighted by Crippen LogP contribution is -2.09. The van der Waals surface area contributed by atoms with Gasteiger partial charge in [0, 0.05) is 22.2 Å². The number of ether oxygens (including phenoxy) is 1. The van der Waals surface area contributed by atoms with Crippen LogP contribution >= 0.6 is 23.5 Å². The fraction of sp³-hybridized carbons (Fsp3) is 0.312. The van der Waals surface area contributed by atoms with E-state index in [1.807, 2.05) is 0 Å². The Morgan fingerprint density at radius 1 is 1.11 bits per heavy atom. The lowest BCUT2D eigenvalue weighted by molar-refractivity contribution is -0.138. The van der Waals surface area contributed by atoms with Crippen LogP contribution in [0.5, 0.6) is 5.88 Å². The van der Waals surface area contributed by atoms with Crippen LogP contribution in [0.4, 0.5) is 32.0 Å². The van der Waals surface area contributed by atoms with Gasteiger partial charge >= 0.3 is 11.7 Å². The zero-order valence-corrected chi connectivity index (χ0v) is 15.9. The minimum Gasteiger partial charge on any atom is -0.470 e. The molecular weight excluding hydrogens is 428 g/mol. The molecule has 28 heavy (non-hydrogen) atoms. The highest BCUT2D eigenvalue weighted by atomic mass is 32.2. The molecule has 0 radical (unpaired) electrons. The second-order valence-corrected chi connectivity index (χ2v) is 7.53. The van der Waals surface area contributed by atoms with Gasteiger partial charge in [0.25, 0.3) is 0 Å². The zero-order chi connectivity index (χ0) is 20.9. The number of aliphatic imine (C=N–C) groups is 1. The standard InChI is InChI=1S/C16H13F6N3OS2/c1-3-27-13-4-9(15(17,18)19)6-24-12(13)8-26-14-11(23-2)5-10(7-25-14)28-16(20,21)22/h4-7H,2-3,8H2,1H3. The number of rotatable bonds is 7. The average Bonchev–Trinajstić information content (AvgIpc) is 2.59. The van der Waals surface area contributed by atoms with Crippen LogP contribution < -0.4 is 4.74 Å². The largest absolute Gasteiger partial charge is 0.470 e. The fourth-order valence-corrected chi connectivity index (χ4v) is 3.33. The molecule has 2 aromatic heterocycles. The van der Waals surface area contributed by atoms with E-state index in [-0.39, 0.29) is 45.4 Å². The van der Waals surface area contributed by atoms with Gasteiger partial charge in [0.1, 0.15) is 12.3 Å². The van der Waals surface area contributed by atoms with Crippen LogP contribution in [-0.2, 0) is 12.8 Å². The first-order valence-electron chi connectivity index (χ1n) is 7.57. The average molecular weight is 441 g/mol. The van der Waals surface area contributed by atoms with Gasteiger partial charge in [0.2, 0.25) is 5.88 Å². The van der Waals surface area contributed by atoms with Gasteiger partial charge in [-0.2, -0.15) is 26.3 Å². The number of halogens is 6. The van der Waals surface area contributed by atoms with E-state index in [1.165, 1.54) is 0 Å². The minimum absolute atomic E-state index is 0.0224. The molecule has 0 unspecified atom stereocenters. The molecule has 0 bridgehead atoms. The Morgan fingerprint density at radius 2 is 1.82 bits per heavy atom. The maximum Gasteiger partial charge on any atom is 0.446 e. The first-order chi connectivity index (χ1) is 13.0. The maximum atomic E-state index is 12.9. The first-order valence-corrected chi connectivity index (χ1v) is 9.38. The number of aromatic nitrogens is 2. The van der Waals surface area contributed by atoms with Crippen molar-refractivity contribution < 1.29 is 31.1 Å². The number of nitrogens with zero attached hydrogens (tertiary/aromatic N) is 3. The highest BCUT2D eigenvalue weighted by molar-refractivity contribution is 8.00. The van der Waals surface area contributed by atoms with Crippen LogP contribution in [0.2, 0.25) is 0 Å². The molecule has 2 heterocycles. The molecule has 0 aromatic carbocycles. The SMILES string of the molecule is C=Nc1cc(SC(F)(F)F)cnc1OCc1ncc(C(F)(F)F)cc1SCC. The van der Waals surface area contributed by atoms with Gasteiger partial charge < -0.3 is 4.74 Å². The molecule has 0 saturated heterocycles. The van der Waals surface area contributed by atoms with Gasteiger partial charge in [-0.15, -0.1) is 11.8 Å². The van der Waals surface area contributed by atoms with Gasteiger partial charge in [-0.1, -0.05) is 6.92 Å². The Labute approximate surface area is 164 Å². The Morgan fingerprint density at radius 3 is 2.39 bits per heavy atom. The Bertz CT molecular complexity index is 842. The summed E-state index contributed by atoms with van der Waals surface area (Å²) in [6.07, 6.45) is -2.87. The van der Waals surface area contributed by atoms with E-state index < -0.39 is 17.2 Å². The van der Waals surface area contributed by atoms with Crippen molar-refractivity contribution in [2.75, 3.05) is 5.75 Å². The van der Waals surface area contributed by atoms with Crippen molar-refractivity contribution in [1.82, 2.24) is 9.97 Å². The number of hydrogen-bond acceptors (Lipinski definition) is 6. The smallest absolute Gasteiger partial charge is 0.446 e. The van der Waals surface area contributed by atoms with Crippen molar-refractivity contribution in [2.24, 2.45) is 4.99 Å². The monoisotopic (exact) mass is 441 g/mol. The van der Waals surface area contributed by atoms with Crippen molar-refractivity contribution in [3.05, 3.63) is 35.8 Å². The number of alkyl halides is 6. The van der Waals surface area contributed by atoms with E-state index in [9.17, 15) is 26.3 Å². The highest BCUT2D eigenvalue weighted by Crippen LogP contribution is 2.39. The molecule has 0 N–H and O–H groups in total. The minimum atomic E-state index is -4.52. The molecule has 0 amide bonds. The summed E-state index contributed by atoms with van der Waals surface area (Å²) in [5, 5.41) is 0. The molecular formula is C16H13F6N3OS2. The molecule has 0 spiro atoms. The van der Waals surface area contributed by atoms with E-state index in [0.717, 1.165) is 30.1 Å². The summed E-state index contributed by atoms with van der Waals surface area (Å²) >= 11 is 0.797. The maximum absolute atomic E-state index is 12.9. The molecule has 0 aliphatic rings. The zero-order valence-electron chi connectivity index (χ0n) is 14.3. The second kappa shape index (κ2) is 9.03. The van der Waals surface area contributed by atoms with Crippen LogP contribution in [0.3, 0.4) is 0 Å². The summed E-state index contributed by atoms with van der Waals surface area (Å²) in [6, 6.07) is 2.08. The van der Waals surface area contributed by atoms with Gasteiger partial charge in [-0.05, 0) is 36.4 Å². The third-order valence-corrected chi connectivity index (χ3v) is 4.76. The third kappa shape index (κ3) is 6.30. The van der Waals surface area contributed by atoms with E-state index in [2.05, 4.69) is 21.7 Å². The first kappa shape index (κ1) is 22.3. The molecule has 0 fully saturated rings. The van der Waals surface area contributed by atoms with Gasteiger partial charge in [-0.3, -0.25) is 9.98 Å². The van der Waals surface area contributed by atoms with Gasteiger partial charge in [0.05, 0.1) is 11.3 Å². The van der Waals surface area contributed by atoms with Crippen LogP contribution in [0.15, 0.2) is 39.3 Å². The summed E-state index contributed by atoms with van der Waals surface area (Å²) in [5.74, 6) is 0.410. The second-order valence-electron chi connectivity index (χ2n) is 5.09. The van der Waals surface area contributed by atoms with Crippen molar-refractivity contribution in [2.45, 2.75) is 35.0 Å². The molecule has 2 rings (SSSR count). The topological polar surface area (TPSA) is 47.4 Å². The Kier molecular flexibility index (Phi) is 7.21. The van der Waals surface area contributed by atoms with Crippen molar-refractivity contribution >= 4 is 35.9 Å². The number of pyridine rings is 2. The molecule has 12 heteroatoms. The van der Waals surface area contributed by atoms with E-state index in [4.69, 9.17) is 4.74 Å². The van der Waals surface area contributed by atoms with Crippen LogP contribution in [-0.4, -0.2) is 27.9 Å². The Balaban J connectivity index is 2.22. The normalized spacial score (nSPS) is 12.1. The summed E-state index contributed by atoms with van der Waals surface area (Å²) in [4.78, 5) is 11.3. The predicted octanol–water partition coefficient (Wildman–Crippen LogP) is 6.13. The molecule has 0 atom stereocenters. The molecule has 0 aliphatic heterocycles. The van der Waals surface area contributed by atoms with Gasteiger partial charge in [0.15, 0.2) is 0 Å². The summed E-state index contributed by atoms with van der Waals surface area (Å²) < 4.78 is 81.3. The fourth-order valence-electron chi connectivity index (χ4n) is 1.99. The summed E-state index contributed by atoms with van der Waals surface area (Å²) in [5.41, 5.74) is -5.15. The highest BCUT2D eigenvalue weighted by Gasteiger charge is 2.32. The number of hydrogen-bond donors (Lipinski definition) is 0. The molecule has 4 nitrogen and oxygen atoms in total. The lowest BCUT2D eigenvalue weighted by Gasteiger charge is -2.13. The van der Waals surface area contributed by atoms with Crippen LogP contribution in [0.25, 0.3) is 0 Å². The summed E-state index contributed by atoms with van der Waals surface area (Å²) in [7, 11) is 0. The van der Waals surface area contributed by atoms with Crippen LogP contribution in [0, 0.1) is 0 Å². The van der Waals surface area contributed by atoms with Crippen LogP contribution in [0.1, 0.15) is 18.2 Å². The van der Waals surface area contributed by atoms with Crippen molar-refractivity contribution in [3.8, 4) is 5.88 Å². The summed E-state index contributed by atoms with van der Waals surface area (Å²) in [6.45, 7) is 4.80. The van der Waals surface area contributed by atoms with Crippen molar-refractivity contribution in [3.63, 3.8) is 0 Å². The molecule has 0 aliphatic carbocycles. The van der Waals surface area contributed by atoms with E-state index >= 15 is 0 Å². The Hall–Kier alpha value is -1.95. The third-order valence-electron chi connectivity index (χ3n) is 3.11. The predicted molar refractivity (Wildman–Crippen MR) is 95.3 cm³/mol. The molecule has 152 valence electrons.